The van der Waals surface area contributed by atoms with Crippen LogP contribution in [0.15, 0.2) is 18.5 Å². The first-order chi connectivity index (χ1) is 8.86. The van der Waals surface area contributed by atoms with Crippen LogP contribution in [0.2, 0.25) is 0 Å². The normalized spacial score (nSPS) is 14.8. The maximum absolute atomic E-state index is 4.32. The average Bonchev–Trinajstić information content (AvgIpc) is 3.22. The van der Waals surface area contributed by atoms with Crippen molar-refractivity contribution in [3.05, 3.63) is 24.0 Å². The van der Waals surface area contributed by atoms with Crippen LogP contribution >= 0.6 is 0 Å². The zero-order valence-electron chi connectivity index (χ0n) is 11.7. The molecule has 0 radical (unpaired) electrons. The van der Waals surface area contributed by atoms with Crippen molar-refractivity contribution in [1.29, 1.82) is 0 Å². The van der Waals surface area contributed by atoms with Crippen LogP contribution in [0, 0.1) is 0 Å². The van der Waals surface area contributed by atoms with Gasteiger partial charge in [-0.05, 0) is 37.4 Å². The lowest BCUT2D eigenvalue weighted by Crippen LogP contribution is -2.28. The van der Waals surface area contributed by atoms with E-state index in [1.165, 1.54) is 43.5 Å². The molecule has 0 aliphatic heterocycles. The first-order valence-corrected chi connectivity index (χ1v) is 7.27. The predicted octanol–water partition coefficient (Wildman–Crippen LogP) is 2.96. The summed E-state index contributed by atoms with van der Waals surface area (Å²) in [5.74, 6) is 0. The van der Waals surface area contributed by atoms with Crippen LogP contribution in [0.3, 0.4) is 0 Å². The highest BCUT2D eigenvalue weighted by molar-refractivity contribution is 5.53. The maximum atomic E-state index is 4.32. The Morgan fingerprint density at radius 3 is 2.89 bits per heavy atom. The molecule has 3 heteroatoms. The van der Waals surface area contributed by atoms with Gasteiger partial charge in [-0.15, -0.1) is 0 Å². The highest BCUT2D eigenvalue weighted by Crippen LogP contribution is 2.33. The monoisotopic (exact) mass is 247 g/mol. The van der Waals surface area contributed by atoms with Gasteiger partial charge in [-0.1, -0.05) is 20.3 Å². The number of rotatable bonds is 8. The third-order valence-electron chi connectivity index (χ3n) is 3.50. The largest absolute Gasteiger partial charge is 0.367 e. The van der Waals surface area contributed by atoms with Gasteiger partial charge in [0.1, 0.15) is 0 Å². The lowest BCUT2D eigenvalue weighted by atomic mass is 10.2. The number of aromatic nitrogens is 1. The molecule has 0 amide bonds. The first kappa shape index (κ1) is 13.3. The third kappa shape index (κ3) is 3.45. The van der Waals surface area contributed by atoms with E-state index in [1.54, 1.807) is 0 Å². The van der Waals surface area contributed by atoms with Crippen LogP contribution in [0.4, 0.5) is 5.69 Å². The SMILES string of the molecule is CCCCN(c1cnccc1CNCC)C1CC1. The number of anilines is 1. The highest BCUT2D eigenvalue weighted by Gasteiger charge is 2.29. The Morgan fingerprint density at radius 1 is 1.39 bits per heavy atom. The Morgan fingerprint density at radius 2 is 2.22 bits per heavy atom. The summed E-state index contributed by atoms with van der Waals surface area (Å²) in [5.41, 5.74) is 2.73. The average molecular weight is 247 g/mol. The number of nitrogens with zero attached hydrogens (tertiary/aromatic N) is 2. The first-order valence-electron chi connectivity index (χ1n) is 7.27. The molecule has 0 spiro atoms. The van der Waals surface area contributed by atoms with Crippen molar-refractivity contribution in [1.82, 2.24) is 10.3 Å². The molecule has 1 saturated carbocycles. The van der Waals surface area contributed by atoms with Crippen molar-refractivity contribution in [2.45, 2.75) is 52.1 Å². The van der Waals surface area contributed by atoms with Crippen molar-refractivity contribution >= 4 is 5.69 Å². The second-order valence-corrected chi connectivity index (χ2v) is 5.06. The molecule has 0 atom stereocenters. The topological polar surface area (TPSA) is 28.2 Å². The summed E-state index contributed by atoms with van der Waals surface area (Å²) in [4.78, 5) is 6.90. The number of pyridine rings is 1. The molecule has 0 saturated heterocycles. The molecule has 18 heavy (non-hydrogen) atoms. The molecule has 0 aromatic carbocycles. The van der Waals surface area contributed by atoms with E-state index in [0.29, 0.717) is 0 Å². The molecule has 1 N–H and O–H groups in total. The van der Waals surface area contributed by atoms with Crippen molar-refractivity contribution in [2.75, 3.05) is 18.0 Å². The number of hydrogen-bond donors (Lipinski definition) is 1. The van der Waals surface area contributed by atoms with Gasteiger partial charge in [-0.2, -0.15) is 0 Å². The highest BCUT2D eigenvalue weighted by atomic mass is 15.2. The minimum atomic E-state index is 0.765. The van der Waals surface area contributed by atoms with Gasteiger partial charge in [0.15, 0.2) is 0 Å². The van der Waals surface area contributed by atoms with Crippen molar-refractivity contribution in [3.63, 3.8) is 0 Å². The van der Waals surface area contributed by atoms with Crippen LogP contribution in [0.5, 0.6) is 0 Å². The fourth-order valence-corrected chi connectivity index (χ4v) is 2.30. The van der Waals surface area contributed by atoms with E-state index in [9.17, 15) is 0 Å². The summed E-state index contributed by atoms with van der Waals surface area (Å²) in [6.07, 6.45) is 9.16. The molecule has 1 aromatic rings. The Balaban J connectivity index is 2.12. The van der Waals surface area contributed by atoms with Gasteiger partial charge in [-0.3, -0.25) is 4.98 Å². The molecule has 3 nitrogen and oxygen atoms in total. The zero-order chi connectivity index (χ0) is 12.8. The van der Waals surface area contributed by atoms with Gasteiger partial charge < -0.3 is 10.2 Å². The third-order valence-corrected chi connectivity index (χ3v) is 3.50. The van der Waals surface area contributed by atoms with Gasteiger partial charge in [-0.25, -0.2) is 0 Å². The van der Waals surface area contributed by atoms with Crippen LogP contribution in [-0.2, 0) is 6.54 Å². The molecule has 2 rings (SSSR count). The second kappa shape index (κ2) is 6.74. The second-order valence-electron chi connectivity index (χ2n) is 5.06. The van der Waals surface area contributed by atoms with Gasteiger partial charge in [0.2, 0.25) is 0 Å². The van der Waals surface area contributed by atoms with Crippen molar-refractivity contribution in [2.24, 2.45) is 0 Å². The number of nitrogens with one attached hydrogen (secondary N) is 1. The predicted molar refractivity (Wildman–Crippen MR) is 76.9 cm³/mol. The van der Waals surface area contributed by atoms with Gasteiger partial charge in [0.05, 0.1) is 11.9 Å². The molecule has 1 aromatic heterocycles. The summed E-state index contributed by atoms with van der Waals surface area (Å²) in [5, 5.41) is 3.42. The number of unbranched alkanes of at least 4 members (excludes halogenated alkanes) is 1. The molecule has 0 bridgehead atoms. The molecular formula is C15H25N3. The lowest BCUT2D eigenvalue weighted by molar-refractivity contribution is 0.691. The molecular weight excluding hydrogens is 222 g/mol. The van der Waals surface area contributed by atoms with E-state index in [4.69, 9.17) is 0 Å². The van der Waals surface area contributed by atoms with Gasteiger partial charge in [0.25, 0.3) is 0 Å². The smallest absolute Gasteiger partial charge is 0.0600 e. The summed E-state index contributed by atoms with van der Waals surface area (Å²) in [6.45, 7) is 7.54. The molecule has 1 heterocycles. The molecule has 1 aliphatic carbocycles. The number of hydrogen-bond acceptors (Lipinski definition) is 3. The van der Waals surface area contributed by atoms with Gasteiger partial charge >= 0.3 is 0 Å². The Bertz CT molecular complexity index is 361. The summed E-state index contributed by atoms with van der Waals surface area (Å²) < 4.78 is 0. The van der Waals surface area contributed by atoms with Gasteiger partial charge in [0, 0.05) is 25.3 Å². The summed E-state index contributed by atoms with van der Waals surface area (Å²) in [7, 11) is 0. The van der Waals surface area contributed by atoms with E-state index in [1.807, 2.05) is 12.4 Å². The quantitative estimate of drug-likeness (QED) is 0.765. The van der Waals surface area contributed by atoms with E-state index >= 15 is 0 Å². The molecule has 100 valence electrons. The Labute approximate surface area is 111 Å². The van der Waals surface area contributed by atoms with E-state index in [2.05, 4.69) is 35.1 Å². The van der Waals surface area contributed by atoms with E-state index in [0.717, 1.165) is 19.1 Å². The standard InChI is InChI=1S/C15H25N3/c1-3-5-10-18(14-6-7-14)15-12-17-9-8-13(15)11-16-4-2/h8-9,12,14,16H,3-7,10-11H2,1-2H3. The Hall–Kier alpha value is -1.09. The van der Waals surface area contributed by atoms with Crippen LogP contribution in [0.1, 0.15) is 45.1 Å². The van der Waals surface area contributed by atoms with E-state index < -0.39 is 0 Å². The fourth-order valence-electron chi connectivity index (χ4n) is 2.30. The van der Waals surface area contributed by atoms with Crippen molar-refractivity contribution in [3.8, 4) is 0 Å². The Kier molecular flexibility index (Phi) is 5.00. The minimum absolute atomic E-state index is 0.765. The molecule has 1 aliphatic rings. The maximum Gasteiger partial charge on any atom is 0.0600 e. The summed E-state index contributed by atoms with van der Waals surface area (Å²) in [6, 6.07) is 2.92. The zero-order valence-corrected chi connectivity index (χ0v) is 11.7. The van der Waals surface area contributed by atoms with Crippen molar-refractivity contribution < 1.29 is 0 Å². The van der Waals surface area contributed by atoms with E-state index in [-0.39, 0.29) is 0 Å². The van der Waals surface area contributed by atoms with Crippen LogP contribution < -0.4 is 10.2 Å². The molecule has 0 unspecified atom stereocenters. The van der Waals surface area contributed by atoms with Crippen LogP contribution in [0.25, 0.3) is 0 Å². The minimum Gasteiger partial charge on any atom is -0.367 e. The molecule has 1 fully saturated rings. The van der Waals surface area contributed by atoms with Crippen LogP contribution in [-0.4, -0.2) is 24.1 Å². The fraction of sp³-hybridized carbons (Fsp3) is 0.667. The summed E-state index contributed by atoms with van der Waals surface area (Å²) >= 11 is 0. The lowest BCUT2D eigenvalue weighted by Gasteiger charge is -2.26.